The first-order chi connectivity index (χ1) is 3.84. The van der Waals surface area contributed by atoms with E-state index in [0.717, 1.165) is 12.3 Å². The highest BCUT2D eigenvalue weighted by Gasteiger charge is 2.23. The van der Waals surface area contributed by atoms with Gasteiger partial charge in [-0.1, -0.05) is 6.92 Å². The molecule has 2 N–H and O–H groups in total. The Morgan fingerprint density at radius 3 is 2.50 bits per heavy atom. The fraction of sp³-hybridized carbons (Fsp3) is 1.00. The molecule has 1 aliphatic rings. The maximum absolute atomic E-state index is 5.76. The summed E-state index contributed by atoms with van der Waals surface area (Å²) >= 11 is 2.01. The first-order valence-corrected chi connectivity index (χ1v) is 4.33. The third-order valence-electron chi connectivity index (χ3n) is 1.74. The van der Waals surface area contributed by atoms with Crippen LogP contribution in [-0.2, 0) is 0 Å². The van der Waals surface area contributed by atoms with Gasteiger partial charge in [0.1, 0.15) is 0 Å². The van der Waals surface area contributed by atoms with Crippen molar-refractivity contribution in [1.29, 1.82) is 0 Å². The minimum absolute atomic E-state index is 0.483. The molecule has 0 bridgehead atoms. The van der Waals surface area contributed by atoms with Crippen molar-refractivity contribution in [3.05, 3.63) is 0 Å². The van der Waals surface area contributed by atoms with Gasteiger partial charge < -0.3 is 5.73 Å². The van der Waals surface area contributed by atoms with Crippen molar-refractivity contribution >= 4 is 11.8 Å². The molecule has 0 radical (unpaired) electrons. The highest BCUT2D eigenvalue weighted by atomic mass is 32.2. The number of rotatable bonds is 2. The number of nitrogens with two attached hydrogens (primary N) is 1. The van der Waals surface area contributed by atoms with E-state index in [1.807, 2.05) is 11.8 Å². The average molecular weight is 131 g/mol. The SMILES string of the molecule is CCC(N)C1CSC1. The van der Waals surface area contributed by atoms with Gasteiger partial charge >= 0.3 is 0 Å². The normalized spacial score (nSPS) is 24.8. The molecule has 0 aromatic heterocycles. The molecular formula is C6H13NS. The van der Waals surface area contributed by atoms with Crippen LogP contribution < -0.4 is 5.73 Å². The van der Waals surface area contributed by atoms with E-state index in [-0.39, 0.29) is 0 Å². The third kappa shape index (κ3) is 1.17. The summed E-state index contributed by atoms with van der Waals surface area (Å²) in [5.74, 6) is 3.44. The summed E-state index contributed by atoms with van der Waals surface area (Å²) in [6.07, 6.45) is 1.14. The zero-order valence-corrected chi connectivity index (χ0v) is 6.08. The average Bonchev–Trinajstić information content (AvgIpc) is 1.62. The van der Waals surface area contributed by atoms with Crippen molar-refractivity contribution in [1.82, 2.24) is 0 Å². The van der Waals surface area contributed by atoms with Crippen LogP contribution in [0.5, 0.6) is 0 Å². The van der Waals surface area contributed by atoms with Gasteiger partial charge in [0.15, 0.2) is 0 Å². The maximum atomic E-state index is 5.76. The highest BCUT2D eigenvalue weighted by molar-refractivity contribution is 8.00. The lowest BCUT2D eigenvalue weighted by Crippen LogP contribution is -2.37. The fourth-order valence-electron chi connectivity index (χ4n) is 0.834. The van der Waals surface area contributed by atoms with Gasteiger partial charge in [-0.3, -0.25) is 0 Å². The van der Waals surface area contributed by atoms with Crippen LogP contribution in [0.3, 0.4) is 0 Å². The number of hydrogen-bond donors (Lipinski definition) is 1. The molecule has 48 valence electrons. The van der Waals surface area contributed by atoms with Crippen LogP contribution in [0.25, 0.3) is 0 Å². The second-order valence-corrected chi connectivity index (χ2v) is 3.44. The van der Waals surface area contributed by atoms with Crippen molar-refractivity contribution in [2.24, 2.45) is 11.7 Å². The van der Waals surface area contributed by atoms with Crippen LogP contribution in [0.15, 0.2) is 0 Å². The monoisotopic (exact) mass is 131 g/mol. The van der Waals surface area contributed by atoms with Gasteiger partial charge in [0.05, 0.1) is 0 Å². The predicted molar refractivity (Wildman–Crippen MR) is 39.1 cm³/mol. The highest BCUT2D eigenvalue weighted by Crippen LogP contribution is 2.27. The van der Waals surface area contributed by atoms with Gasteiger partial charge in [-0.05, 0) is 23.8 Å². The predicted octanol–water partition coefficient (Wildman–Crippen LogP) is 1.09. The van der Waals surface area contributed by atoms with Crippen molar-refractivity contribution < 1.29 is 0 Å². The Morgan fingerprint density at radius 2 is 2.38 bits per heavy atom. The Balaban J connectivity index is 2.13. The van der Waals surface area contributed by atoms with Gasteiger partial charge in [-0.25, -0.2) is 0 Å². The van der Waals surface area contributed by atoms with E-state index in [4.69, 9.17) is 5.73 Å². The van der Waals surface area contributed by atoms with Crippen LogP contribution in [0.2, 0.25) is 0 Å². The molecule has 8 heavy (non-hydrogen) atoms. The first-order valence-electron chi connectivity index (χ1n) is 3.18. The lowest BCUT2D eigenvalue weighted by Gasteiger charge is -2.29. The molecule has 1 aliphatic heterocycles. The largest absolute Gasteiger partial charge is 0.327 e. The van der Waals surface area contributed by atoms with E-state index in [2.05, 4.69) is 6.92 Å². The molecule has 0 aromatic rings. The molecule has 1 heterocycles. The molecule has 1 unspecified atom stereocenters. The minimum Gasteiger partial charge on any atom is -0.327 e. The topological polar surface area (TPSA) is 26.0 Å². The molecule has 1 atom stereocenters. The Hall–Kier alpha value is 0.310. The van der Waals surface area contributed by atoms with Gasteiger partial charge in [0.2, 0.25) is 0 Å². The molecule has 1 nitrogen and oxygen atoms in total. The van der Waals surface area contributed by atoms with Gasteiger partial charge in [-0.2, -0.15) is 11.8 Å². The maximum Gasteiger partial charge on any atom is 0.00803 e. The van der Waals surface area contributed by atoms with Gasteiger partial charge in [0.25, 0.3) is 0 Å². The van der Waals surface area contributed by atoms with Gasteiger partial charge in [-0.15, -0.1) is 0 Å². The van der Waals surface area contributed by atoms with Crippen molar-refractivity contribution in [3.63, 3.8) is 0 Å². The van der Waals surface area contributed by atoms with Gasteiger partial charge in [0, 0.05) is 6.04 Å². The molecule has 2 heteroatoms. The van der Waals surface area contributed by atoms with Crippen molar-refractivity contribution in [2.45, 2.75) is 19.4 Å². The Bertz CT molecular complexity index is 68.2. The second-order valence-electron chi connectivity index (χ2n) is 2.37. The van der Waals surface area contributed by atoms with Crippen LogP contribution >= 0.6 is 11.8 Å². The summed E-state index contributed by atoms with van der Waals surface area (Å²) in [6, 6.07) is 0.483. The molecule has 0 amide bonds. The van der Waals surface area contributed by atoms with Crippen LogP contribution in [-0.4, -0.2) is 17.5 Å². The van der Waals surface area contributed by atoms with Crippen molar-refractivity contribution in [3.8, 4) is 0 Å². The van der Waals surface area contributed by atoms with Crippen molar-refractivity contribution in [2.75, 3.05) is 11.5 Å². The van der Waals surface area contributed by atoms with Crippen LogP contribution in [0.4, 0.5) is 0 Å². The molecule has 1 fully saturated rings. The summed E-state index contributed by atoms with van der Waals surface area (Å²) in [7, 11) is 0. The minimum atomic E-state index is 0.483. The summed E-state index contributed by atoms with van der Waals surface area (Å²) in [5, 5.41) is 0. The van der Waals surface area contributed by atoms with E-state index < -0.39 is 0 Å². The summed E-state index contributed by atoms with van der Waals surface area (Å²) in [6.45, 7) is 2.16. The fourth-order valence-corrected chi connectivity index (χ4v) is 1.84. The van der Waals surface area contributed by atoms with E-state index in [0.29, 0.717) is 6.04 Å². The first kappa shape index (κ1) is 6.43. The standard InChI is InChI=1S/C6H13NS/c1-2-6(7)5-3-8-4-5/h5-6H,2-4,7H2,1H3. The molecule has 1 rings (SSSR count). The van der Waals surface area contributed by atoms with E-state index in [1.54, 1.807) is 0 Å². The quantitative estimate of drug-likeness (QED) is 0.607. The molecular weight excluding hydrogens is 118 g/mol. The molecule has 0 saturated carbocycles. The number of hydrogen-bond acceptors (Lipinski definition) is 2. The van der Waals surface area contributed by atoms with E-state index >= 15 is 0 Å². The molecule has 0 aliphatic carbocycles. The summed E-state index contributed by atoms with van der Waals surface area (Å²) < 4.78 is 0. The Labute approximate surface area is 55.0 Å². The van der Waals surface area contributed by atoms with Crippen LogP contribution in [0, 0.1) is 5.92 Å². The Morgan fingerprint density at radius 1 is 1.75 bits per heavy atom. The third-order valence-corrected chi connectivity index (χ3v) is 3.07. The van der Waals surface area contributed by atoms with E-state index in [9.17, 15) is 0 Å². The summed E-state index contributed by atoms with van der Waals surface area (Å²) in [4.78, 5) is 0. The lowest BCUT2D eigenvalue weighted by molar-refractivity contribution is 0.476. The zero-order chi connectivity index (χ0) is 5.98. The van der Waals surface area contributed by atoms with E-state index in [1.165, 1.54) is 11.5 Å². The smallest absolute Gasteiger partial charge is 0.00803 e. The number of thioether (sulfide) groups is 1. The lowest BCUT2D eigenvalue weighted by atomic mass is 10.0. The van der Waals surface area contributed by atoms with Crippen LogP contribution in [0.1, 0.15) is 13.3 Å². The Kier molecular flexibility index (Phi) is 2.20. The molecule has 0 spiro atoms. The second kappa shape index (κ2) is 2.74. The summed E-state index contributed by atoms with van der Waals surface area (Å²) in [5.41, 5.74) is 5.76. The molecule has 1 saturated heterocycles. The zero-order valence-electron chi connectivity index (χ0n) is 5.26. The molecule has 0 aromatic carbocycles.